The van der Waals surface area contributed by atoms with Gasteiger partial charge in [-0.3, -0.25) is 4.90 Å². The Kier molecular flexibility index (Phi) is 6.63. The van der Waals surface area contributed by atoms with Crippen molar-refractivity contribution in [3.63, 3.8) is 0 Å². The van der Waals surface area contributed by atoms with Gasteiger partial charge in [-0.25, -0.2) is 4.79 Å². The van der Waals surface area contributed by atoms with Crippen LogP contribution in [0.15, 0.2) is 30.3 Å². The number of rotatable bonds is 6. The van der Waals surface area contributed by atoms with Crippen LogP contribution in [0.5, 0.6) is 5.75 Å². The molecule has 1 heterocycles. The number of ether oxygens (including phenoxy) is 2. The summed E-state index contributed by atoms with van der Waals surface area (Å²) in [5.74, 6) is 1.48. The molecule has 1 N–H and O–H groups in total. The minimum atomic E-state index is -0.489. The molecule has 6 heteroatoms. The molecule has 2 fully saturated rings. The second-order valence-corrected chi connectivity index (χ2v) is 10.3. The van der Waals surface area contributed by atoms with Crippen molar-refractivity contribution in [2.75, 3.05) is 19.7 Å². The molecule has 1 atom stereocenters. The third-order valence-corrected chi connectivity index (χ3v) is 6.10. The molecule has 0 bridgehead atoms. The SMILES string of the molecule is CC(C)(C)OC(=O)N[C@H]1CCCN(Cc2cc(Cl)c(OCC3CC3)c3ccccc23)C1. The van der Waals surface area contributed by atoms with E-state index in [2.05, 4.69) is 34.5 Å². The maximum absolute atomic E-state index is 12.2. The Hall–Kier alpha value is -1.98. The molecular formula is C25H33ClN2O3. The lowest BCUT2D eigenvalue weighted by molar-refractivity contribution is 0.0470. The first kappa shape index (κ1) is 22.2. The first-order valence-electron chi connectivity index (χ1n) is 11.3. The maximum Gasteiger partial charge on any atom is 0.407 e. The standard InChI is InChI=1S/C25H33ClN2O3/c1-25(2,3)31-24(29)27-19-7-6-12-28(15-19)14-18-13-22(26)23(30-16-17-10-11-17)21-9-5-4-8-20(18)21/h4-5,8-9,13,17,19H,6-7,10-12,14-16H2,1-3H3,(H,27,29)/t19-/m0/s1. The first-order valence-corrected chi connectivity index (χ1v) is 11.7. The zero-order valence-corrected chi connectivity index (χ0v) is 19.5. The molecule has 1 aliphatic heterocycles. The monoisotopic (exact) mass is 444 g/mol. The third kappa shape index (κ3) is 6.05. The first-order chi connectivity index (χ1) is 14.8. The van der Waals surface area contributed by atoms with Gasteiger partial charge in [0.25, 0.3) is 0 Å². The van der Waals surface area contributed by atoms with Gasteiger partial charge in [-0.2, -0.15) is 0 Å². The van der Waals surface area contributed by atoms with Crippen LogP contribution in [0, 0.1) is 5.92 Å². The van der Waals surface area contributed by atoms with Crippen molar-refractivity contribution in [2.45, 2.75) is 64.6 Å². The molecule has 0 spiro atoms. The Balaban J connectivity index is 1.46. The van der Waals surface area contributed by atoms with Crippen LogP contribution in [-0.2, 0) is 11.3 Å². The van der Waals surface area contributed by atoms with Gasteiger partial charge in [-0.15, -0.1) is 0 Å². The molecule has 31 heavy (non-hydrogen) atoms. The van der Waals surface area contributed by atoms with Crippen LogP contribution in [0.2, 0.25) is 5.02 Å². The number of fused-ring (bicyclic) bond motifs is 1. The largest absolute Gasteiger partial charge is 0.491 e. The van der Waals surface area contributed by atoms with Gasteiger partial charge in [0.15, 0.2) is 0 Å². The van der Waals surface area contributed by atoms with Crippen LogP contribution in [0.3, 0.4) is 0 Å². The second-order valence-electron chi connectivity index (χ2n) is 9.87. The number of hydrogen-bond donors (Lipinski definition) is 1. The van der Waals surface area contributed by atoms with Gasteiger partial charge in [0, 0.05) is 24.5 Å². The lowest BCUT2D eigenvalue weighted by atomic mass is 10.0. The van der Waals surface area contributed by atoms with E-state index in [1.54, 1.807) is 0 Å². The maximum atomic E-state index is 12.2. The number of piperidine rings is 1. The summed E-state index contributed by atoms with van der Waals surface area (Å²) in [6.45, 7) is 8.97. The summed E-state index contributed by atoms with van der Waals surface area (Å²) in [5.41, 5.74) is 0.703. The van der Waals surface area contributed by atoms with E-state index in [1.807, 2.05) is 26.8 Å². The van der Waals surface area contributed by atoms with Gasteiger partial charge in [0.2, 0.25) is 0 Å². The fourth-order valence-corrected chi connectivity index (χ4v) is 4.47. The van der Waals surface area contributed by atoms with Gasteiger partial charge in [0.1, 0.15) is 11.4 Å². The van der Waals surface area contributed by atoms with E-state index in [0.29, 0.717) is 10.9 Å². The van der Waals surface area contributed by atoms with Gasteiger partial charge in [-0.05, 0) is 75.9 Å². The Morgan fingerprint density at radius 3 is 2.65 bits per heavy atom. The minimum absolute atomic E-state index is 0.0893. The summed E-state index contributed by atoms with van der Waals surface area (Å²) < 4.78 is 11.5. The number of hydrogen-bond acceptors (Lipinski definition) is 4. The van der Waals surface area contributed by atoms with Crippen LogP contribution in [0.1, 0.15) is 52.0 Å². The molecule has 0 aromatic heterocycles. The average Bonchev–Trinajstić information content (AvgIpc) is 3.51. The van der Waals surface area contributed by atoms with E-state index in [9.17, 15) is 4.79 Å². The van der Waals surface area contributed by atoms with Gasteiger partial charge >= 0.3 is 6.09 Å². The summed E-state index contributed by atoms with van der Waals surface area (Å²) in [6, 6.07) is 10.5. The predicted octanol–water partition coefficient (Wildman–Crippen LogP) is 5.77. The number of halogens is 1. The number of carbonyl (C=O) groups is 1. The summed E-state index contributed by atoms with van der Waals surface area (Å²) in [6.07, 6.45) is 4.16. The highest BCUT2D eigenvalue weighted by Crippen LogP contribution is 2.38. The zero-order chi connectivity index (χ0) is 22.0. The van der Waals surface area contributed by atoms with E-state index in [0.717, 1.165) is 50.2 Å². The quantitative estimate of drug-likeness (QED) is 0.614. The number of alkyl carbamates (subject to hydrolysis) is 1. The molecule has 1 amide bonds. The molecule has 0 radical (unpaired) electrons. The van der Waals surface area contributed by atoms with E-state index >= 15 is 0 Å². The molecule has 2 aliphatic rings. The molecule has 1 aliphatic carbocycles. The van der Waals surface area contributed by atoms with Crippen molar-refractivity contribution in [2.24, 2.45) is 5.92 Å². The van der Waals surface area contributed by atoms with Crippen LogP contribution >= 0.6 is 11.6 Å². The molecule has 168 valence electrons. The summed E-state index contributed by atoms with van der Waals surface area (Å²) >= 11 is 6.67. The van der Waals surface area contributed by atoms with Crippen molar-refractivity contribution in [3.8, 4) is 5.75 Å². The molecule has 1 saturated carbocycles. The van der Waals surface area contributed by atoms with Crippen molar-refractivity contribution in [3.05, 3.63) is 40.9 Å². The molecular weight excluding hydrogens is 412 g/mol. The highest BCUT2D eigenvalue weighted by Gasteiger charge is 2.26. The number of likely N-dealkylation sites (tertiary alicyclic amines) is 1. The molecule has 2 aromatic carbocycles. The average molecular weight is 445 g/mol. The fourth-order valence-electron chi connectivity index (χ4n) is 4.18. The van der Waals surface area contributed by atoms with Crippen LogP contribution in [0.25, 0.3) is 10.8 Å². The highest BCUT2D eigenvalue weighted by molar-refractivity contribution is 6.33. The second kappa shape index (κ2) is 9.25. The Morgan fingerprint density at radius 2 is 1.94 bits per heavy atom. The number of carbonyl (C=O) groups excluding carboxylic acids is 1. The minimum Gasteiger partial charge on any atom is -0.491 e. The Morgan fingerprint density at radius 1 is 1.19 bits per heavy atom. The van der Waals surface area contributed by atoms with E-state index in [1.165, 1.54) is 23.8 Å². The van der Waals surface area contributed by atoms with Gasteiger partial charge in [-0.1, -0.05) is 35.9 Å². The normalized spacial score (nSPS) is 19.9. The van der Waals surface area contributed by atoms with Gasteiger partial charge < -0.3 is 14.8 Å². The summed E-state index contributed by atoms with van der Waals surface area (Å²) in [4.78, 5) is 14.6. The Bertz CT molecular complexity index is 936. The molecule has 0 unspecified atom stereocenters. The van der Waals surface area contributed by atoms with Crippen LogP contribution in [0.4, 0.5) is 4.79 Å². The van der Waals surface area contributed by atoms with Crippen molar-refractivity contribution >= 4 is 28.5 Å². The zero-order valence-electron chi connectivity index (χ0n) is 18.7. The third-order valence-electron chi connectivity index (χ3n) is 5.82. The number of nitrogens with one attached hydrogen (secondary N) is 1. The van der Waals surface area contributed by atoms with Crippen molar-refractivity contribution < 1.29 is 14.3 Å². The van der Waals surface area contributed by atoms with Crippen molar-refractivity contribution in [1.82, 2.24) is 10.2 Å². The highest BCUT2D eigenvalue weighted by atomic mass is 35.5. The predicted molar refractivity (Wildman–Crippen MR) is 125 cm³/mol. The Labute approximate surface area is 190 Å². The van der Waals surface area contributed by atoms with Crippen LogP contribution in [-0.4, -0.2) is 42.3 Å². The molecule has 5 nitrogen and oxygen atoms in total. The lowest BCUT2D eigenvalue weighted by Gasteiger charge is -2.34. The van der Waals surface area contributed by atoms with Gasteiger partial charge in [0.05, 0.1) is 11.6 Å². The summed E-state index contributed by atoms with van der Waals surface area (Å²) in [7, 11) is 0. The summed E-state index contributed by atoms with van der Waals surface area (Å²) in [5, 5.41) is 5.96. The van der Waals surface area contributed by atoms with E-state index < -0.39 is 5.60 Å². The smallest absolute Gasteiger partial charge is 0.407 e. The van der Waals surface area contributed by atoms with Crippen molar-refractivity contribution in [1.29, 1.82) is 0 Å². The number of nitrogens with zero attached hydrogens (tertiary/aromatic N) is 1. The number of benzene rings is 2. The lowest BCUT2D eigenvalue weighted by Crippen LogP contribution is -2.48. The molecule has 2 aromatic rings. The molecule has 1 saturated heterocycles. The van der Waals surface area contributed by atoms with Crippen LogP contribution < -0.4 is 10.1 Å². The number of amides is 1. The molecule has 4 rings (SSSR count). The van der Waals surface area contributed by atoms with E-state index in [4.69, 9.17) is 21.1 Å². The van der Waals surface area contributed by atoms with E-state index in [-0.39, 0.29) is 12.1 Å². The topological polar surface area (TPSA) is 50.8 Å². The fraction of sp³-hybridized carbons (Fsp3) is 0.560.